The van der Waals surface area contributed by atoms with Gasteiger partial charge in [-0.3, -0.25) is 4.79 Å². The van der Waals surface area contributed by atoms with Gasteiger partial charge in [0.2, 0.25) is 0 Å². The summed E-state index contributed by atoms with van der Waals surface area (Å²) in [6.07, 6.45) is 0.939. The van der Waals surface area contributed by atoms with Gasteiger partial charge >= 0.3 is 5.97 Å². The molecule has 0 bridgehead atoms. The predicted molar refractivity (Wildman–Crippen MR) is 59.6 cm³/mol. The third kappa shape index (κ3) is 2.95. The third-order valence-corrected chi connectivity index (χ3v) is 2.80. The Morgan fingerprint density at radius 3 is 2.56 bits per heavy atom. The quantitative estimate of drug-likeness (QED) is 0.550. The van der Waals surface area contributed by atoms with Crippen LogP contribution in [0.1, 0.15) is 27.2 Å². The van der Waals surface area contributed by atoms with E-state index in [4.69, 9.17) is 10.5 Å². The first-order chi connectivity index (χ1) is 7.37. The fourth-order valence-electron chi connectivity index (χ4n) is 1.83. The Morgan fingerprint density at radius 2 is 2.12 bits per heavy atom. The second-order valence-electron chi connectivity index (χ2n) is 4.90. The number of nitrogens with zero attached hydrogens (tertiary/aromatic N) is 1. The smallest absolute Gasteiger partial charge is 0.332 e. The largest absolute Gasteiger partial charge is 0.464 e. The van der Waals surface area contributed by atoms with Crippen LogP contribution in [0.3, 0.4) is 0 Å². The highest BCUT2D eigenvalue weighted by Crippen LogP contribution is 2.28. The van der Waals surface area contributed by atoms with Crippen molar-refractivity contribution in [3.05, 3.63) is 0 Å². The van der Waals surface area contributed by atoms with Gasteiger partial charge in [-0.2, -0.15) is 0 Å². The van der Waals surface area contributed by atoms with Crippen LogP contribution in [0, 0.1) is 5.41 Å². The van der Waals surface area contributed by atoms with E-state index in [1.165, 1.54) is 0 Å². The Morgan fingerprint density at radius 1 is 1.50 bits per heavy atom. The first-order valence-electron chi connectivity index (χ1n) is 5.58. The summed E-state index contributed by atoms with van der Waals surface area (Å²) in [5, 5.41) is 0. The molecular formula is C11H20N2O3. The molecule has 0 saturated carbocycles. The summed E-state index contributed by atoms with van der Waals surface area (Å²) in [5.41, 5.74) is 5.66. The van der Waals surface area contributed by atoms with Gasteiger partial charge in [-0.15, -0.1) is 0 Å². The molecule has 1 atom stereocenters. The molecule has 1 saturated heterocycles. The van der Waals surface area contributed by atoms with E-state index in [9.17, 15) is 9.59 Å². The minimum Gasteiger partial charge on any atom is -0.464 e. The van der Waals surface area contributed by atoms with Crippen molar-refractivity contribution in [3.8, 4) is 0 Å². The van der Waals surface area contributed by atoms with E-state index < -0.39 is 12.0 Å². The minimum absolute atomic E-state index is 0.115. The van der Waals surface area contributed by atoms with Crippen molar-refractivity contribution >= 4 is 11.9 Å². The number of ether oxygens (including phenoxy) is 1. The van der Waals surface area contributed by atoms with E-state index in [0.717, 1.165) is 6.42 Å². The summed E-state index contributed by atoms with van der Waals surface area (Å²) >= 11 is 0. The molecule has 0 spiro atoms. The van der Waals surface area contributed by atoms with Gasteiger partial charge in [0.25, 0.3) is 5.91 Å². The van der Waals surface area contributed by atoms with Crippen molar-refractivity contribution in [2.45, 2.75) is 33.2 Å². The number of carbonyl (C=O) groups excluding carboxylic acids is 2. The molecule has 1 aliphatic rings. The topological polar surface area (TPSA) is 72.6 Å². The second kappa shape index (κ2) is 4.82. The van der Waals surface area contributed by atoms with E-state index in [1.807, 2.05) is 0 Å². The fourth-order valence-corrected chi connectivity index (χ4v) is 1.83. The van der Waals surface area contributed by atoms with Crippen LogP contribution in [0.4, 0.5) is 0 Å². The van der Waals surface area contributed by atoms with E-state index in [2.05, 4.69) is 13.8 Å². The number of carbonyl (C=O) groups is 2. The molecule has 0 aromatic carbocycles. The molecule has 16 heavy (non-hydrogen) atoms. The summed E-state index contributed by atoms with van der Waals surface area (Å²) in [5.74, 6) is -0.971. The van der Waals surface area contributed by atoms with Crippen LogP contribution in [-0.2, 0) is 14.3 Å². The summed E-state index contributed by atoms with van der Waals surface area (Å²) in [7, 11) is 0. The van der Waals surface area contributed by atoms with Gasteiger partial charge in [0.05, 0.1) is 6.61 Å². The molecule has 5 heteroatoms. The molecule has 0 aromatic heterocycles. The molecule has 5 nitrogen and oxygen atoms in total. The van der Waals surface area contributed by atoms with Crippen molar-refractivity contribution < 1.29 is 14.3 Å². The SMILES string of the molecule is CCOC(=O)C(N)C(=O)N1CCC(C)(C)C1. The standard InChI is InChI=1S/C11H20N2O3/c1-4-16-10(15)8(12)9(14)13-6-5-11(2,3)7-13/h8H,4-7,12H2,1-3H3. The van der Waals surface area contributed by atoms with Crippen molar-refractivity contribution in [3.63, 3.8) is 0 Å². The molecular weight excluding hydrogens is 208 g/mol. The Hall–Kier alpha value is -1.10. The molecule has 1 amide bonds. The monoisotopic (exact) mass is 228 g/mol. The lowest BCUT2D eigenvalue weighted by molar-refractivity contribution is -0.150. The van der Waals surface area contributed by atoms with Crippen LogP contribution in [0.5, 0.6) is 0 Å². The van der Waals surface area contributed by atoms with Gasteiger partial charge in [-0.25, -0.2) is 4.79 Å². The molecule has 0 radical (unpaired) electrons. The molecule has 1 aliphatic heterocycles. The van der Waals surface area contributed by atoms with E-state index in [-0.39, 0.29) is 17.9 Å². The lowest BCUT2D eigenvalue weighted by Gasteiger charge is -2.22. The van der Waals surface area contributed by atoms with Crippen molar-refractivity contribution in [1.82, 2.24) is 4.90 Å². The Kier molecular flexibility index (Phi) is 3.91. The number of hydrogen-bond donors (Lipinski definition) is 1. The zero-order valence-electron chi connectivity index (χ0n) is 10.2. The molecule has 0 aromatic rings. The van der Waals surface area contributed by atoms with Crippen LogP contribution in [0.2, 0.25) is 0 Å². The summed E-state index contributed by atoms with van der Waals surface area (Å²) in [4.78, 5) is 24.8. The molecule has 1 unspecified atom stereocenters. The van der Waals surface area contributed by atoms with Gasteiger partial charge in [0, 0.05) is 13.1 Å². The maximum Gasteiger partial charge on any atom is 0.332 e. The van der Waals surface area contributed by atoms with Crippen LogP contribution in [-0.4, -0.2) is 42.5 Å². The first kappa shape index (κ1) is 13.0. The van der Waals surface area contributed by atoms with E-state index in [1.54, 1.807) is 11.8 Å². The number of nitrogens with two attached hydrogens (primary N) is 1. The highest BCUT2D eigenvalue weighted by atomic mass is 16.5. The van der Waals surface area contributed by atoms with Crippen LogP contribution >= 0.6 is 0 Å². The van der Waals surface area contributed by atoms with Gasteiger partial charge in [0.15, 0.2) is 6.04 Å². The maximum atomic E-state index is 11.8. The lowest BCUT2D eigenvalue weighted by Crippen LogP contribution is -2.48. The van der Waals surface area contributed by atoms with Crippen molar-refractivity contribution in [2.75, 3.05) is 19.7 Å². The number of amides is 1. The predicted octanol–water partition coefficient (Wildman–Crippen LogP) is 0.135. The number of esters is 1. The highest BCUT2D eigenvalue weighted by Gasteiger charge is 2.36. The summed E-state index contributed by atoms with van der Waals surface area (Å²) in [6, 6.07) is -1.17. The lowest BCUT2D eigenvalue weighted by atomic mass is 9.93. The Bertz CT molecular complexity index is 289. The minimum atomic E-state index is -1.17. The zero-order chi connectivity index (χ0) is 12.3. The number of rotatable bonds is 3. The average molecular weight is 228 g/mol. The second-order valence-corrected chi connectivity index (χ2v) is 4.90. The van der Waals surface area contributed by atoms with Crippen molar-refractivity contribution in [2.24, 2.45) is 11.1 Å². The first-order valence-corrected chi connectivity index (χ1v) is 5.58. The van der Waals surface area contributed by atoms with Crippen LogP contribution < -0.4 is 5.73 Å². The molecule has 1 rings (SSSR count). The van der Waals surface area contributed by atoms with E-state index in [0.29, 0.717) is 13.1 Å². The Labute approximate surface area is 95.9 Å². The molecule has 0 aliphatic carbocycles. The number of hydrogen-bond acceptors (Lipinski definition) is 4. The van der Waals surface area contributed by atoms with Crippen LogP contribution in [0.15, 0.2) is 0 Å². The molecule has 1 fully saturated rings. The van der Waals surface area contributed by atoms with E-state index >= 15 is 0 Å². The fraction of sp³-hybridized carbons (Fsp3) is 0.818. The summed E-state index contributed by atoms with van der Waals surface area (Å²) in [6.45, 7) is 7.43. The van der Waals surface area contributed by atoms with Gasteiger partial charge in [-0.05, 0) is 18.8 Å². The zero-order valence-corrected chi connectivity index (χ0v) is 10.2. The average Bonchev–Trinajstić information content (AvgIpc) is 2.57. The molecule has 1 heterocycles. The molecule has 92 valence electrons. The normalized spacial score (nSPS) is 20.6. The van der Waals surface area contributed by atoms with Gasteiger partial charge < -0.3 is 15.4 Å². The van der Waals surface area contributed by atoms with Crippen molar-refractivity contribution in [1.29, 1.82) is 0 Å². The van der Waals surface area contributed by atoms with Gasteiger partial charge in [0.1, 0.15) is 0 Å². The van der Waals surface area contributed by atoms with Crippen LogP contribution in [0.25, 0.3) is 0 Å². The van der Waals surface area contributed by atoms with Gasteiger partial charge in [-0.1, -0.05) is 13.8 Å². The molecule has 2 N–H and O–H groups in total. The highest BCUT2D eigenvalue weighted by molar-refractivity contribution is 6.01. The maximum absolute atomic E-state index is 11.8. The number of likely N-dealkylation sites (tertiary alicyclic amines) is 1. The third-order valence-electron chi connectivity index (χ3n) is 2.80. The Balaban J connectivity index is 2.55. The summed E-state index contributed by atoms with van der Waals surface area (Å²) < 4.78 is 4.72.